The molecular weight excluding hydrogens is 204 g/mol. The molecule has 1 aliphatic carbocycles. The number of rotatable bonds is 4. The molecule has 1 N–H and O–H groups in total. The van der Waals surface area contributed by atoms with Crippen LogP contribution in [0.15, 0.2) is 0 Å². The first-order valence-electron chi connectivity index (χ1n) is 6.32. The summed E-state index contributed by atoms with van der Waals surface area (Å²) in [5.41, 5.74) is -0.377. The number of nitrogens with zero attached hydrogens (tertiary/aromatic N) is 1. The molecule has 1 saturated carbocycles. The molecule has 0 aromatic rings. The summed E-state index contributed by atoms with van der Waals surface area (Å²) in [5.74, 6) is 0.476. The van der Waals surface area contributed by atoms with Crippen LogP contribution in [0.5, 0.6) is 0 Å². The molecule has 1 heterocycles. The second-order valence-corrected chi connectivity index (χ2v) is 4.88. The quantitative estimate of drug-likeness (QED) is 0.714. The van der Waals surface area contributed by atoms with Gasteiger partial charge < -0.3 is 10.1 Å². The summed E-state index contributed by atoms with van der Waals surface area (Å²) < 4.78 is 5.26. The third kappa shape index (κ3) is 2.09. The van der Waals surface area contributed by atoms with Crippen molar-refractivity contribution in [1.29, 1.82) is 0 Å². The Morgan fingerprint density at radius 2 is 2.06 bits per heavy atom. The van der Waals surface area contributed by atoms with Crippen molar-refractivity contribution in [1.82, 2.24) is 10.2 Å². The summed E-state index contributed by atoms with van der Waals surface area (Å²) in [6.07, 6.45) is 2.33. The van der Waals surface area contributed by atoms with Gasteiger partial charge in [-0.15, -0.1) is 0 Å². The molecule has 0 aromatic carbocycles. The van der Waals surface area contributed by atoms with E-state index in [2.05, 4.69) is 17.1 Å². The Balaban J connectivity index is 2.10. The molecule has 2 rings (SSSR count). The Kier molecular flexibility index (Phi) is 3.50. The Hall–Kier alpha value is -0.610. The molecule has 0 bridgehead atoms. The van der Waals surface area contributed by atoms with Gasteiger partial charge >= 0.3 is 5.97 Å². The monoisotopic (exact) mass is 226 g/mol. The van der Waals surface area contributed by atoms with Gasteiger partial charge in [-0.05, 0) is 32.6 Å². The summed E-state index contributed by atoms with van der Waals surface area (Å²) in [4.78, 5) is 14.5. The van der Waals surface area contributed by atoms with Crippen LogP contribution < -0.4 is 5.32 Å². The van der Waals surface area contributed by atoms with E-state index in [4.69, 9.17) is 4.74 Å². The van der Waals surface area contributed by atoms with E-state index in [-0.39, 0.29) is 11.5 Å². The highest BCUT2D eigenvalue weighted by Gasteiger charge is 2.52. The van der Waals surface area contributed by atoms with E-state index in [1.807, 2.05) is 6.92 Å². The average Bonchev–Trinajstić information content (AvgIpc) is 3.13. The Bertz CT molecular complexity index is 260. The van der Waals surface area contributed by atoms with E-state index in [1.165, 1.54) is 12.8 Å². The second-order valence-electron chi connectivity index (χ2n) is 4.88. The highest BCUT2D eigenvalue weighted by molar-refractivity contribution is 5.81. The van der Waals surface area contributed by atoms with E-state index < -0.39 is 0 Å². The molecule has 2 fully saturated rings. The molecule has 92 valence electrons. The molecule has 4 nitrogen and oxygen atoms in total. The van der Waals surface area contributed by atoms with Crippen molar-refractivity contribution in [2.75, 3.05) is 32.8 Å². The van der Waals surface area contributed by atoms with Gasteiger partial charge in [0.15, 0.2) is 0 Å². The Morgan fingerprint density at radius 3 is 2.56 bits per heavy atom. The highest BCUT2D eigenvalue weighted by Crippen LogP contribution is 2.43. The predicted octanol–water partition coefficient (Wildman–Crippen LogP) is 0.623. The van der Waals surface area contributed by atoms with Crippen molar-refractivity contribution in [2.45, 2.75) is 32.2 Å². The van der Waals surface area contributed by atoms with E-state index in [1.54, 1.807) is 0 Å². The number of esters is 1. The van der Waals surface area contributed by atoms with Crippen molar-refractivity contribution in [2.24, 2.45) is 5.92 Å². The van der Waals surface area contributed by atoms with Crippen LogP contribution in [-0.2, 0) is 9.53 Å². The van der Waals surface area contributed by atoms with E-state index in [9.17, 15) is 4.79 Å². The number of ether oxygens (including phenoxy) is 1. The maximum atomic E-state index is 12.2. The van der Waals surface area contributed by atoms with Crippen LogP contribution in [0.1, 0.15) is 26.7 Å². The van der Waals surface area contributed by atoms with E-state index in [0.29, 0.717) is 12.5 Å². The molecule has 1 unspecified atom stereocenters. The first-order chi connectivity index (χ1) is 7.69. The molecule has 1 saturated heterocycles. The normalized spacial score (nSPS) is 26.1. The second kappa shape index (κ2) is 4.72. The number of carbonyl (C=O) groups is 1. The third-order valence-electron chi connectivity index (χ3n) is 3.83. The number of hydrogen-bond acceptors (Lipinski definition) is 4. The first kappa shape index (κ1) is 11.9. The van der Waals surface area contributed by atoms with Gasteiger partial charge in [-0.1, -0.05) is 0 Å². The lowest BCUT2D eigenvalue weighted by atomic mass is 9.92. The van der Waals surface area contributed by atoms with Crippen LogP contribution in [0.3, 0.4) is 0 Å². The van der Waals surface area contributed by atoms with Gasteiger partial charge in [0.1, 0.15) is 5.54 Å². The standard InChI is InChI=1S/C12H22N2O2/c1-3-16-11(15)12(2,10-4-5-10)14-8-6-13-7-9-14/h10,13H,3-9H2,1-2H3. The molecular formula is C12H22N2O2. The van der Waals surface area contributed by atoms with Gasteiger partial charge in [0, 0.05) is 26.2 Å². The molecule has 1 aliphatic heterocycles. The van der Waals surface area contributed by atoms with Gasteiger partial charge in [0.05, 0.1) is 6.61 Å². The Morgan fingerprint density at radius 1 is 1.44 bits per heavy atom. The van der Waals surface area contributed by atoms with Gasteiger partial charge in [-0.25, -0.2) is 0 Å². The SMILES string of the molecule is CCOC(=O)C(C)(C1CC1)N1CCNCC1. The van der Waals surface area contributed by atoms with E-state index >= 15 is 0 Å². The minimum Gasteiger partial charge on any atom is -0.465 e. The van der Waals surface area contributed by atoms with Crippen molar-refractivity contribution >= 4 is 5.97 Å². The van der Waals surface area contributed by atoms with Gasteiger partial charge in [-0.2, -0.15) is 0 Å². The van der Waals surface area contributed by atoms with Gasteiger partial charge in [-0.3, -0.25) is 9.69 Å². The average molecular weight is 226 g/mol. The van der Waals surface area contributed by atoms with Gasteiger partial charge in [0.2, 0.25) is 0 Å². The zero-order chi connectivity index (χ0) is 11.6. The fourth-order valence-electron chi connectivity index (χ4n) is 2.61. The largest absolute Gasteiger partial charge is 0.465 e. The number of nitrogens with one attached hydrogen (secondary N) is 1. The minimum absolute atomic E-state index is 0.0283. The van der Waals surface area contributed by atoms with Crippen LogP contribution in [0.4, 0.5) is 0 Å². The molecule has 0 aromatic heterocycles. The lowest BCUT2D eigenvalue weighted by Gasteiger charge is -2.41. The fourth-order valence-corrected chi connectivity index (χ4v) is 2.61. The topological polar surface area (TPSA) is 41.6 Å². The summed E-state index contributed by atoms with van der Waals surface area (Å²) in [5, 5.41) is 3.32. The summed E-state index contributed by atoms with van der Waals surface area (Å²) >= 11 is 0. The maximum Gasteiger partial charge on any atom is 0.326 e. The zero-order valence-corrected chi connectivity index (χ0v) is 10.3. The van der Waals surface area contributed by atoms with Crippen molar-refractivity contribution in [3.8, 4) is 0 Å². The predicted molar refractivity (Wildman–Crippen MR) is 62.2 cm³/mol. The van der Waals surface area contributed by atoms with Crippen molar-refractivity contribution in [3.63, 3.8) is 0 Å². The molecule has 1 atom stereocenters. The summed E-state index contributed by atoms with van der Waals surface area (Å²) in [7, 11) is 0. The molecule has 0 spiro atoms. The lowest BCUT2D eigenvalue weighted by Crippen LogP contribution is -2.60. The van der Waals surface area contributed by atoms with Crippen molar-refractivity contribution < 1.29 is 9.53 Å². The molecule has 16 heavy (non-hydrogen) atoms. The van der Waals surface area contributed by atoms with Crippen LogP contribution in [0, 0.1) is 5.92 Å². The third-order valence-corrected chi connectivity index (χ3v) is 3.83. The molecule has 0 radical (unpaired) electrons. The first-order valence-corrected chi connectivity index (χ1v) is 6.32. The van der Waals surface area contributed by atoms with Crippen LogP contribution in [-0.4, -0.2) is 49.2 Å². The number of carbonyl (C=O) groups excluding carboxylic acids is 1. The van der Waals surface area contributed by atoms with Crippen LogP contribution >= 0.6 is 0 Å². The lowest BCUT2D eigenvalue weighted by molar-refractivity contribution is -0.159. The van der Waals surface area contributed by atoms with E-state index in [0.717, 1.165) is 26.2 Å². The zero-order valence-electron chi connectivity index (χ0n) is 10.3. The molecule has 4 heteroatoms. The van der Waals surface area contributed by atoms with Gasteiger partial charge in [0.25, 0.3) is 0 Å². The molecule has 2 aliphatic rings. The number of hydrogen-bond donors (Lipinski definition) is 1. The fraction of sp³-hybridized carbons (Fsp3) is 0.917. The van der Waals surface area contributed by atoms with Crippen LogP contribution in [0.2, 0.25) is 0 Å². The highest BCUT2D eigenvalue weighted by atomic mass is 16.5. The summed E-state index contributed by atoms with van der Waals surface area (Å²) in [6.45, 7) is 8.27. The maximum absolute atomic E-state index is 12.2. The number of piperazine rings is 1. The van der Waals surface area contributed by atoms with Crippen LogP contribution in [0.25, 0.3) is 0 Å². The molecule has 0 amide bonds. The summed E-state index contributed by atoms with van der Waals surface area (Å²) in [6, 6.07) is 0. The van der Waals surface area contributed by atoms with Crippen molar-refractivity contribution in [3.05, 3.63) is 0 Å². The minimum atomic E-state index is -0.377. The smallest absolute Gasteiger partial charge is 0.326 e. The Labute approximate surface area is 97.3 Å².